The highest BCUT2D eigenvalue weighted by Gasteiger charge is 2.19. The monoisotopic (exact) mass is 451 g/mol. The van der Waals surface area contributed by atoms with E-state index < -0.39 is 47.4 Å². The van der Waals surface area contributed by atoms with Gasteiger partial charge in [-0.15, -0.1) is 5.11 Å². The molecule has 3 N–H and O–H groups in total. The van der Waals surface area contributed by atoms with E-state index >= 15 is 0 Å². The number of aromatic carboxylic acids is 1. The Kier molecular flexibility index (Phi) is 5.30. The van der Waals surface area contributed by atoms with Gasteiger partial charge in [-0.25, -0.2) is 4.79 Å². The second kappa shape index (κ2) is 7.46. The van der Waals surface area contributed by atoms with Crippen LogP contribution in [0.4, 0.5) is 11.4 Å². The molecule has 156 valence electrons. The number of fused-ring (bicyclic) bond motifs is 1. The standard InChI is InChI=1S/C17H12N2O9S2/c20-16-14(30(26,27)28)8-9-7-10(29(23,24)25)5-6-11(9)15(16)19-18-13-4-2-1-3-12(13)17(21)22/h1-8,20H,(H,21,22)(H,23,24,25)(H,26,27,28)/p-1. The fourth-order valence-electron chi connectivity index (χ4n) is 2.62. The van der Waals surface area contributed by atoms with Gasteiger partial charge in [0.25, 0.3) is 20.2 Å². The molecule has 0 fully saturated rings. The van der Waals surface area contributed by atoms with E-state index in [-0.39, 0.29) is 22.0 Å². The summed E-state index contributed by atoms with van der Waals surface area (Å²) in [6.07, 6.45) is 0. The molecule has 0 aliphatic heterocycles. The van der Waals surface area contributed by atoms with Gasteiger partial charge in [-0.1, -0.05) is 23.9 Å². The zero-order valence-corrected chi connectivity index (χ0v) is 16.3. The number of hydrogen-bond donors (Lipinski definition) is 3. The molecule has 0 aliphatic carbocycles. The number of azo groups is 1. The molecule has 3 rings (SSSR count). The molecule has 3 aromatic rings. The average molecular weight is 451 g/mol. The number of rotatable bonds is 5. The van der Waals surface area contributed by atoms with Gasteiger partial charge < -0.3 is 10.2 Å². The van der Waals surface area contributed by atoms with Gasteiger partial charge in [0.2, 0.25) is 0 Å². The Hall–Kier alpha value is -3.39. The van der Waals surface area contributed by atoms with E-state index in [4.69, 9.17) is 0 Å². The predicted molar refractivity (Wildman–Crippen MR) is 101 cm³/mol. The molecule has 0 amide bonds. The zero-order valence-electron chi connectivity index (χ0n) is 14.6. The van der Waals surface area contributed by atoms with Crippen molar-refractivity contribution in [3.8, 4) is 5.75 Å². The lowest BCUT2D eigenvalue weighted by Crippen LogP contribution is -2.05. The summed E-state index contributed by atoms with van der Waals surface area (Å²) in [5.41, 5.74) is -0.954. The molecule has 11 nitrogen and oxygen atoms in total. The summed E-state index contributed by atoms with van der Waals surface area (Å²) in [5, 5.41) is 28.9. The van der Waals surface area contributed by atoms with Crippen molar-refractivity contribution in [2.24, 2.45) is 10.2 Å². The van der Waals surface area contributed by atoms with E-state index in [2.05, 4.69) is 10.2 Å². The van der Waals surface area contributed by atoms with Gasteiger partial charge in [0.15, 0.2) is 0 Å². The highest BCUT2D eigenvalue weighted by molar-refractivity contribution is 7.86. The number of carbonyl (C=O) groups is 1. The first-order valence-corrected chi connectivity index (χ1v) is 10.7. The van der Waals surface area contributed by atoms with Crippen LogP contribution in [-0.4, -0.2) is 37.0 Å². The third-order valence-corrected chi connectivity index (χ3v) is 5.68. The summed E-state index contributed by atoms with van der Waals surface area (Å²) < 4.78 is 64.4. The van der Waals surface area contributed by atoms with Gasteiger partial charge in [0, 0.05) is 5.39 Å². The largest absolute Gasteiger partial charge is 0.870 e. The Labute approximate surface area is 169 Å². The van der Waals surface area contributed by atoms with Crippen LogP contribution in [0.15, 0.2) is 68.6 Å². The van der Waals surface area contributed by atoms with Gasteiger partial charge >= 0.3 is 5.97 Å². The molecule has 30 heavy (non-hydrogen) atoms. The number of nitrogens with zero attached hydrogens (tertiary/aromatic N) is 2. The van der Waals surface area contributed by atoms with Crippen molar-refractivity contribution in [1.82, 2.24) is 0 Å². The first-order valence-electron chi connectivity index (χ1n) is 7.86. The van der Waals surface area contributed by atoms with Gasteiger partial charge in [0.05, 0.1) is 21.0 Å². The number of carboxylic acids is 1. The summed E-state index contributed by atoms with van der Waals surface area (Å²) in [6, 6.07) is 9.08. The van der Waals surface area contributed by atoms with Gasteiger partial charge in [-0.3, -0.25) is 9.11 Å². The third kappa shape index (κ3) is 4.13. The first kappa shape index (κ1) is 21.3. The van der Waals surface area contributed by atoms with Crippen LogP contribution >= 0.6 is 0 Å². The highest BCUT2D eigenvalue weighted by atomic mass is 32.2. The number of hydrogen-bond acceptors (Lipinski definition) is 8. The Morgan fingerprint density at radius 2 is 1.57 bits per heavy atom. The Morgan fingerprint density at radius 3 is 2.17 bits per heavy atom. The molecule has 0 aliphatic rings. The third-order valence-electron chi connectivity index (χ3n) is 3.97. The first-order chi connectivity index (χ1) is 13.9. The van der Waals surface area contributed by atoms with E-state index in [9.17, 15) is 40.9 Å². The second-order valence-corrected chi connectivity index (χ2v) is 8.72. The lowest BCUT2D eigenvalue weighted by atomic mass is 10.1. The van der Waals surface area contributed by atoms with E-state index in [1.54, 1.807) is 0 Å². The van der Waals surface area contributed by atoms with Crippen molar-refractivity contribution in [3.05, 3.63) is 54.1 Å². The zero-order chi connectivity index (χ0) is 22.3. The lowest BCUT2D eigenvalue weighted by Gasteiger charge is -2.16. The SMILES string of the molecule is O=C(O)c1ccccc1N=Nc1c([O-])c(S(=O)(=O)O)cc2cc(S(=O)(=O)O)ccc12. The summed E-state index contributed by atoms with van der Waals surface area (Å²) in [4.78, 5) is 9.59. The molecular formula is C17H11N2O9S2-. The average Bonchev–Trinajstić information content (AvgIpc) is 2.65. The molecule has 0 saturated carbocycles. The van der Waals surface area contributed by atoms with Gasteiger partial charge in [0.1, 0.15) is 5.69 Å². The van der Waals surface area contributed by atoms with Crippen molar-refractivity contribution in [2.75, 3.05) is 0 Å². The van der Waals surface area contributed by atoms with Crippen LogP contribution in [0.3, 0.4) is 0 Å². The van der Waals surface area contributed by atoms with Gasteiger partial charge in [-0.05, 0) is 35.7 Å². The molecule has 0 aromatic heterocycles. The highest BCUT2D eigenvalue weighted by Crippen LogP contribution is 2.40. The smallest absolute Gasteiger partial charge is 0.337 e. The molecule has 3 aromatic carbocycles. The van der Waals surface area contributed by atoms with Crippen LogP contribution in [0, 0.1) is 0 Å². The van der Waals surface area contributed by atoms with Crippen molar-refractivity contribution >= 4 is 48.4 Å². The van der Waals surface area contributed by atoms with Gasteiger partial charge in [-0.2, -0.15) is 21.9 Å². The minimum Gasteiger partial charge on any atom is -0.870 e. The van der Waals surface area contributed by atoms with E-state index in [0.717, 1.165) is 24.3 Å². The quantitative estimate of drug-likeness (QED) is 0.386. The van der Waals surface area contributed by atoms with Crippen LogP contribution in [0.25, 0.3) is 10.8 Å². The van der Waals surface area contributed by atoms with Crippen LogP contribution in [-0.2, 0) is 20.2 Å². The Balaban J connectivity index is 2.33. The fraction of sp³-hybridized carbons (Fsp3) is 0. The van der Waals surface area contributed by atoms with E-state index in [0.29, 0.717) is 0 Å². The molecule has 0 unspecified atom stereocenters. The van der Waals surface area contributed by atoms with E-state index in [1.165, 1.54) is 24.3 Å². The normalized spacial score (nSPS) is 12.5. The maximum atomic E-state index is 12.6. The maximum Gasteiger partial charge on any atom is 0.337 e. The molecule has 0 radical (unpaired) electrons. The summed E-state index contributed by atoms with van der Waals surface area (Å²) >= 11 is 0. The number of carboxylic acid groups (broad SMARTS) is 1. The summed E-state index contributed by atoms with van der Waals surface area (Å²) in [5.74, 6) is -2.55. The second-order valence-electron chi connectivity index (χ2n) is 5.91. The Bertz CT molecular complexity index is 1430. The van der Waals surface area contributed by atoms with Crippen molar-refractivity contribution in [3.63, 3.8) is 0 Å². The lowest BCUT2D eigenvalue weighted by molar-refractivity contribution is -0.271. The van der Waals surface area contributed by atoms with Crippen LogP contribution < -0.4 is 5.11 Å². The molecule has 0 heterocycles. The molecule has 0 atom stereocenters. The molecule has 0 spiro atoms. The topological polar surface area (TPSA) is 194 Å². The van der Waals surface area contributed by atoms with Crippen LogP contribution in [0.2, 0.25) is 0 Å². The Morgan fingerprint density at radius 1 is 0.900 bits per heavy atom. The van der Waals surface area contributed by atoms with E-state index in [1.807, 2.05) is 0 Å². The molecule has 0 bridgehead atoms. The molecule has 13 heteroatoms. The molecule has 0 saturated heterocycles. The minimum absolute atomic E-state index is 0.0450. The minimum atomic E-state index is -5.02. The molecular weight excluding hydrogens is 440 g/mol. The predicted octanol–water partition coefficient (Wildman–Crippen LogP) is 2.52. The fourth-order valence-corrected chi connectivity index (χ4v) is 3.74. The van der Waals surface area contributed by atoms with Crippen molar-refractivity contribution in [1.29, 1.82) is 0 Å². The van der Waals surface area contributed by atoms with Crippen molar-refractivity contribution < 1.29 is 40.9 Å². The van der Waals surface area contributed by atoms with Crippen LogP contribution in [0.5, 0.6) is 5.75 Å². The summed E-state index contributed by atoms with van der Waals surface area (Å²) in [7, 11) is -9.67. The number of benzene rings is 3. The summed E-state index contributed by atoms with van der Waals surface area (Å²) in [6.45, 7) is 0. The van der Waals surface area contributed by atoms with Crippen LogP contribution in [0.1, 0.15) is 10.4 Å². The van der Waals surface area contributed by atoms with Crippen molar-refractivity contribution in [2.45, 2.75) is 9.79 Å². The maximum absolute atomic E-state index is 12.6.